The molecule has 0 spiro atoms. The fraction of sp³-hybridized carbons (Fsp3) is 0.647. The van der Waals surface area contributed by atoms with Gasteiger partial charge in [0.1, 0.15) is 18.8 Å². The molecule has 1 saturated heterocycles. The van der Waals surface area contributed by atoms with Crippen LogP contribution < -0.4 is 5.32 Å². The van der Waals surface area contributed by atoms with E-state index in [1.165, 1.54) is 27.7 Å². The molecule has 1 rings (SSSR count). The van der Waals surface area contributed by atoms with Crippen molar-refractivity contribution in [3.8, 4) is 0 Å². The predicted octanol–water partition coefficient (Wildman–Crippen LogP) is 0.261. The number of rotatable bonds is 6. The number of allylic oxidation sites excluding steroid dienone is 1. The molecule has 0 unspecified atom stereocenters. The van der Waals surface area contributed by atoms with Gasteiger partial charge in [0.25, 0.3) is 0 Å². The Morgan fingerprint density at radius 2 is 1.54 bits per heavy atom. The first-order valence-electron chi connectivity index (χ1n) is 8.18. The quantitative estimate of drug-likeness (QED) is 0.401. The summed E-state index contributed by atoms with van der Waals surface area (Å²) in [6.45, 7) is 6.50. The number of hydrogen-bond acceptors (Lipinski definition) is 8. The second kappa shape index (κ2) is 9.91. The molecule has 0 aromatic rings. The van der Waals surface area contributed by atoms with Crippen molar-refractivity contribution in [2.45, 2.75) is 65.1 Å². The standard InChI is InChI=1S/C17H25NO8/c1-6-7-13-15(18-9(2)19)17(25-12(5)22)16(24-11(4)21)14(26-13)8-23-10(3)20/h6-7,13-17H,8H2,1-5H3,(H,18,19)/b7-6-/t13-,14-,15+,16-,17-/m1/s1. The minimum Gasteiger partial charge on any atom is -0.463 e. The van der Waals surface area contributed by atoms with Gasteiger partial charge in [-0.3, -0.25) is 19.2 Å². The summed E-state index contributed by atoms with van der Waals surface area (Å²) in [6.07, 6.45) is -0.259. The van der Waals surface area contributed by atoms with E-state index in [2.05, 4.69) is 5.32 Å². The van der Waals surface area contributed by atoms with E-state index < -0.39 is 48.4 Å². The highest BCUT2D eigenvalue weighted by Crippen LogP contribution is 2.27. The summed E-state index contributed by atoms with van der Waals surface area (Å²) in [5, 5.41) is 2.67. The molecule has 1 aliphatic rings. The van der Waals surface area contributed by atoms with E-state index in [4.69, 9.17) is 18.9 Å². The van der Waals surface area contributed by atoms with Gasteiger partial charge in [-0.1, -0.05) is 12.2 Å². The highest BCUT2D eigenvalue weighted by atomic mass is 16.6. The molecule has 9 heteroatoms. The van der Waals surface area contributed by atoms with Gasteiger partial charge in [-0.25, -0.2) is 0 Å². The van der Waals surface area contributed by atoms with Crippen LogP contribution in [0.5, 0.6) is 0 Å². The summed E-state index contributed by atoms with van der Waals surface area (Å²) < 4.78 is 21.5. The zero-order chi connectivity index (χ0) is 19.9. The molecular weight excluding hydrogens is 346 g/mol. The maximum atomic E-state index is 11.6. The highest BCUT2D eigenvalue weighted by Gasteiger charge is 2.49. The number of carbonyl (C=O) groups excluding carboxylic acids is 4. The van der Waals surface area contributed by atoms with Crippen molar-refractivity contribution in [3.05, 3.63) is 12.2 Å². The van der Waals surface area contributed by atoms with E-state index in [9.17, 15) is 19.2 Å². The van der Waals surface area contributed by atoms with Crippen LogP contribution in [0.3, 0.4) is 0 Å². The van der Waals surface area contributed by atoms with Gasteiger partial charge in [0.15, 0.2) is 12.2 Å². The largest absolute Gasteiger partial charge is 0.463 e. The van der Waals surface area contributed by atoms with Crippen LogP contribution in [-0.4, -0.2) is 60.9 Å². The Morgan fingerprint density at radius 3 is 2.00 bits per heavy atom. The van der Waals surface area contributed by atoms with Gasteiger partial charge in [-0.05, 0) is 6.92 Å². The average Bonchev–Trinajstić information content (AvgIpc) is 2.50. The first-order valence-corrected chi connectivity index (χ1v) is 8.18. The van der Waals surface area contributed by atoms with Crippen LogP contribution in [0.2, 0.25) is 0 Å². The Morgan fingerprint density at radius 1 is 0.962 bits per heavy atom. The number of nitrogens with one attached hydrogen (secondary N) is 1. The second-order valence-electron chi connectivity index (χ2n) is 5.84. The lowest BCUT2D eigenvalue weighted by atomic mass is 9.91. The van der Waals surface area contributed by atoms with E-state index in [0.29, 0.717) is 0 Å². The number of esters is 3. The van der Waals surface area contributed by atoms with Gasteiger partial charge in [0.2, 0.25) is 5.91 Å². The van der Waals surface area contributed by atoms with Crippen LogP contribution >= 0.6 is 0 Å². The normalized spacial score (nSPS) is 28.3. The molecule has 1 N–H and O–H groups in total. The molecular formula is C17H25NO8. The van der Waals surface area contributed by atoms with Gasteiger partial charge in [-0.15, -0.1) is 0 Å². The van der Waals surface area contributed by atoms with Crippen LogP contribution in [0.25, 0.3) is 0 Å². The lowest BCUT2D eigenvalue weighted by Gasteiger charge is -2.44. The molecule has 1 heterocycles. The summed E-state index contributed by atoms with van der Waals surface area (Å²) in [5.74, 6) is -2.15. The molecule has 0 aliphatic carbocycles. The molecule has 0 saturated carbocycles. The molecule has 9 nitrogen and oxygen atoms in total. The minimum atomic E-state index is -1.06. The molecule has 1 aliphatic heterocycles. The van der Waals surface area contributed by atoms with Crippen molar-refractivity contribution in [3.63, 3.8) is 0 Å². The minimum absolute atomic E-state index is 0.202. The van der Waals surface area contributed by atoms with Crippen LogP contribution in [0.4, 0.5) is 0 Å². The number of ether oxygens (including phenoxy) is 4. The monoisotopic (exact) mass is 371 g/mol. The Kier molecular flexibility index (Phi) is 8.24. The fourth-order valence-corrected chi connectivity index (χ4v) is 2.72. The maximum absolute atomic E-state index is 11.6. The zero-order valence-electron chi connectivity index (χ0n) is 15.5. The molecule has 0 aromatic carbocycles. The van der Waals surface area contributed by atoms with E-state index >= 15 is 0 Å². The Hall–Kier alpha value is -2.42. The first kappa shape index (κ1) is 21.6. The third kappa shape index (κ3) is 6.47. The lowest BCUT2D eigenvalue weighted by Crippen LogP contribution is -2.65. The molecule has 1 fully saturated rings. The van der Waals surface area contributed by atoms with Gasteiger partial charge >= 0.3 is 17.9 Å². The summed E-state index contributed by atoms with van der Waals surface area (Å²) in [6, 6.07) is -0.787. The number of amides is 1. The lowest BCUT2D eigenvalue weighted by molar-refractivity contribution is -0.217. The third-order valence-electron chi connectivity index (χ3n) is 3.54. The van der Waals surface area contributed by atoms with E-state index in [1.54, 1.807) is 19.1 Å². The number of hydrogen-bond donors (Lipinski definition) is 1. The van der Waals surface area contributed by atoms with Gasteiger partial charge < -0.3 is 24.3 Å². The summed E-state index contributed by atoms with van der Waals surface area (Å²) in [4.78, 5) is 45.9. The Bertz CT molecular complexity index is 573. The first-order chi connectivity index (χ1) is 12.1. The zero-order valence-corrected chi connectivity index (χ0v) is 15.5. The topological polar surface area (TPSA) is 117 Å². The van der Waals surface area contributed by atoms with E-state index in [-0.39, 0.29) is 12.5 Å². The van der Waals surface area contributed by atoms with Crippen LogP contribution in [0, 0.1) is 0 Å². The smallest absolute Gasteiger partial charge is 0.303 e. The highest BCUT2D eigenvalue weighted by molar-refractivity contribution is 5.74. The van der Waals surface area contributed by atoms with Crippen LogP contribution in [0.15, 0.2) is 12.2 Å². The third-order valence-corrected chi connectivity index (χ3v) is 3.54. The van der Waals surface area contributed by atoms with Gasteiger partial charge in [-0.2, -0.15) is 0 Å². The molecule has 146 valence electrons. The Balaban J connectivity index is 3.26. The van der Waals surface area contributed by atoms with Gasteiger partial charge in [0, 0.05) is 27.7 Å². The molecule has 0 aromatic heterocycles. The van der Waals surface area contributed by atoms with E-state index in [0.717, 1.165) is 0 Å². The van der Waals surface area contributed by atoms with Crippen LogP contribution in [0.1, 0.15) is 34.6 Å². The van der Waals surface area contributed by atoms with Crippen molar-refractivity contribution >= 4 is 23.8 Å². The molecule has 1 amide bonds. The van der Waals surface area contributed by atoms with Crippen molar-refractivity contribution in [1.29, 1.82) is 0 Å². The van der Waals surface area contributed by atoms with Crippen molar-refractivity contribution < 1.29 is 38.1 Å². The molecule has 5 atom stereocenters. The van der Waals surface area contributed by atoms with Crippen molar-refractivity contribution in [2.24, 2.45) is 0 Å². The molecule has 26 heavy (non-hydrogen) atoms. The van der Waals surface area contributed by atoms with Gasteiger partial charge in [0.05, 0.1) is 6.04 Å². The second-order valence-corrected chi connectivity index (χ2v) is 5.84. The summed E-state index contributed by atoms with van der Waals surface area (Å²) in [5.41, 5.74) is 0. The van der Waals surface area contributed by atoms with Crippen LogP contribution in [-0.2, 0) is 38.1 Å². The molecule has 0 bridgehead atoms. The average molecular weight is 371 g/mol. The maximum Gasteiger partial charge on any atom is 0.303 e. The summed E-state index contributed by atoms with van der Waals surface area (Å²) >= 11 is 0. The van der Waals surface area contributed by atoms with Crippen molar-refractivity contribution in [2.75, 3.05) is 6.61 Å². The number of carbonyl (C=O) groups is 4. The molecule has 0 radical (unpaired) electrons. The SMILES string of the molecule is C/C=C\[C@H]1O[C@H](COC(C)=O)[C@@H](OC(C)=O)[C@H](OC(C)=O)[C@H]1NC(C)=O. The Labute approximate surface area is 152 Å². The van der Waals surface area contributed by atoms with Crippen molar-refractivity contribution in [1.82, 2.24) is 5.32 Å². The predicted molar refractivity (Wildman–Crippen MR) is 88.8 cm³/mol. The summed E-state index contributed by atoms with van der Waals surface area (Å²) in [7, 11) is 0. The van der Waals surface area contributed by atoms with E-state index in [1.807, 2.05) is 0 Å². The fourth-order valence-electron chi connectivity index (χ4n) is 2.72.